The van der Waals surface area contributed by atoms with Crippen LogP contribution in [-0.4, -0.2) is 70.9 Å². The first kappa shape index (κ1) is 20.9. The zero-order valence-corrected chi connectivity index (χ0v) is 17.7. The van der Waals surface area contributed by atoms with Crippen molar-refractivity contribution in [1.29, 1.82) is 0 Å². The van der Waals surface area contributed by atoms with Gasteiger partial charge in [-0.2, -0.15) is 4.31 Å². The molecular weight excluding hydrogens is 422 g/mol. The second-order valence-electron chi connectivity index (χ2n) is 6.43. The van der Waals surface area contributed by atoms with Gasteiger partial charge in [-0.05, 0) is 23.6 Å². The first-order valence-corrected chi connectivity index (χ1v) is 12.7. The lowest BCUT2D eigenvalue weighted by molar-refractivity contribution is -0.117. The van der Waals surface area contributed by atoms with E-state index in [-0.39, 0.29) is 23.0 Å². The predicted octanol–water partition coefficient (Wildman–Crippen LogP) is 1.10. The third-order valence-electron chi connectivity index (χ3n) is 4.35. The van der Waals surface area contributed by atoms with Gasteiger partial charge in [-0.15, -0.1) is 11.3 Å². The number of thiophene rings is 1. The molecule has 0 radical (unpaired) electrons. The Kier molecular flexibility index (Phi) is 6.20. The molecule has 0 bridgehead atoms. The number of sulfone groups is 1. The number of amides is 1. The summed E-state index contributed by atoms with van der Waals surface area (Å²) >= 11 is 1.18. The van der Waals surface area contributed by atoms with E-state index in [1.807, 2.05) is 4.90 Å². The Labute approximate surface area is 168 Å². The van der Waals surface area contributed by atoms with Crippen LogP contribution in [0.25, 0.3) is 0 Å². The fraction of sp³-hybridized carbons (Fsp3) is 0.353. The maximum Gasteiger partial charge on any atom is 0.252 e. The fourth-order valence-electron chi connectivity index (χ4n) is 2.95. The summed E-state index contributed by atoms with van der Waals surface area (Å²) in [4.78, 5) is 14.3. The Balaban J connectivity index is 1.58. The number of piperazine rings is 1. The van der Waals surface area contributed by atoms with E-state index in [0.29, 0.717) is 30.4 Å². The number of benzene rings is 1. The lowest BCUT2D eigenvalue weighted by Gasteiger charge is -2.33. The molecule has 1 amide bonds. The van der Waals surface area contributed by atoms with E-state index < -0.39 is 19.9 Å². The molecule has 1 aromatic carbocycles. The van der Waals surface area contributed by atoms with Crippen LogP contribution in [0.5, 0.6) is 0 Å². The van der Waals surface area contributed by atoms with Crippen LogP contribution in [0.2, 0.25) is 0 Å². The molecule has 2 aromatic rings. The maximum absolute atomic E-state index is 12.5. The van der Waals surface area contributed by atoms with E-state index >= 15 is 0 Å². The van der Waals surface area contributed by atoms with Crippen LogP contribution in [0.1, 0.15) is 0 Å². The minimum atomic E-state index is -3.48. The van der Waals surface area contributed by atoms with Crippen LogP contribution in [0, 0.1) is 0 Å². The van der Waals surface area contributed by atoms with Gasteiger partial charge >= 0.3 is 0 Å². The summed E-state index contributed by atoms with van der Waals surface area (Å²) in [6.45, 7) is 1.50. The van der Waals surface area contributed by atoms with Crippen molar-refractivity contribution >= 4 is 42.8 Å². The highest BCUT2D eigenvalue weighted by Crippen LogP contribution is 2.23. The molecule has 11 heteroatoms. The van der Waals surface area contributed by atoms with Gasteiger partial charge in [-0.3, -0.25) is 9.69 Å². The maximum atomic E-state index is 12.5. The van der Waals surface area contributed by atoms with Crippen molar-refractivity contribution in [3.05, 3.63) is 41.8 Å². The third kappa shape index (κ3) is 4.78. The van der Waals surface area contributed by atoms with Crippen LogP contribution in [0.4, 0.5) is 5.69 Å². The fourth-order valence-corrected chi connectivity index (χ4v) is 6.36. The summed E-state index contributed by atoms with van der Waals surface area (Å²) in [5.41, 5.74) is 0.244. The molecule has 0 atom stereocenters. The minimum Gasteiger partial charge on any atom is -0.324 e. The number of para-hydroxylation sites is 1. The Morgan fingerprint density at radius 2 is 1.71 bits per heavy atom. The van der Waals surface area contributed by atoms with Gasteiger partial charge in [0, 0.05) is 32.4 Å². The summed E-state index contributed by atoms with van der Waals surface area (Å²) in [5, 5.41) is 4.36. The second-order valence-corrected chi connectivity index (χ2v) is 11.5. The summed E-state index contributed by atoms with van der Waals surface area (Å²) in [7, 11) is -6.94. The topological polar surface area (TPSA) is 104 Å². The van der Waals surface area contributed by atoms with Gasteiger partial charge in [0.15, 0.2) is 9.84 Å². The summed E-state index contributed by atoms with van der Waals surface area (Å²) < 4.78 is 50.5. The number of rotatable bonds is 6. The average Bonchev–Trinajstić information content (AvgIpc) is 3.17. The normalized spacial score (nSPS) is 16.8. The van der Waals surface area contributed by atoms with Crippen molar-refractivity contribution in [2.24, 2.45) is 0 Å². The first-order chi connectivity index (χ1) is 13.2. The molecular formula is C17H21N3O5S3. The minimum absolute atomic E-state index is 0.0605. The second kappa shape index (κ2) is 8.29. The smallest absolute Gasteiger partial charge is 0.252 e. The molecule has 0 aliphatic carbocycles. The number of carbonyl (C=O) groups excluding carboxylic acids is 1. The van der Waals surface area contributed by atoms with Gasteiger partial charge in [0.1, 0.15) is 4.21 Å². The number of anilines is 1. The van der Waals surface area contributed by atoms with E-state index in [4.69, 9.17) is 0 Å². The van der Waals surface area contributed by atoms with Crippen molar-refractivity contribution in [3.63, 3.8) is 0 Å². The van der Waals surface area contributed by atoms with E-state index in [1.54, 1.807) is 35.7 Å². The predicted molar refractivity (Wildman–Crippen MR) is 108 cm³/mol. The number of nitrogens with zero attached hydrogens (tertiary/aromatic N) is 2. The molecule has 28 heavy (non-hydrogen) atoms. The van der Waals surface area contributed by atoms with E-state index in [0.717, 1.165) is 6.26 Å². The van der Waals surface area contributed by atoms with Crippen LogP contribution < -0.4 is 5.32 Å². The quantitative estimate of drug-likeness (QED) is 0.717. The highest BCUT2D eigenvalue weighted by Gasteiger charge is 2.29. The SMILES string of the molecule is CS(=O)(=O)c1ccccc1NC(=O)CN1CCN(S(=O)(=O)c2cccs2)CC1. The molecule has 1 N–H and O–H groups in total. The molecule has 152 valence electrons. The van der Waals surface area contributed by atoms with Crippen molar-refractivity contribution in [2.45, 2.75) is 9.10 Å². The largest absolute Gasteiger partial charge is 0.324 e. The molecule has 2 heterocycles. The lowest BCUT2D eigenvalue weighted by Crippen LogP contribution is -2.50. The van der Waals surface area contributed by atoms with Crippen LogP contribution in [0.3, 0.4) is 0 Å². The number of hydrogen-bond acceptors (Lipinski definition) is 7. The lowest BCUT2D eigenvalue weighted by atomic mass is 10.3. The van der Waals surface area contributed by atoms with Gasteiger partial charge in [-0.25, -0.2) is 16.8 Å². The van der Waals surface area contributed by atoms with Crippen LogP contribution in [0.15, 0.2) is 50.9 Å². The van der Waals surface area contributed by atoms with Crippen molar-refractivity contribution in [3.8, 4) is 0 Å². The van der Waals surface area contributed by atoms with Gasteiger partial charge in [0.05, 0.1) is 17.1 Å². The average molecular weight is 444 g/mol. The Bertz CT molecular complexity index is 1040. The summed E-state index contributed by atoms with van der Waals surface area (Å²) in [6, 6.07) is 9.52. The number of nitrogens with one attached hydrogen (secondary N) is 1. The highest BCUT2D eigenvalue weighted by molar-refractivity contribution is 7.91. The molecule has 1 fully saturated rings. The first-order valence-electron chi connectivity index (χ1n) is 8.53. The zero-order chi connectivity index (χ0) is 20.4. The van der Waals surface area contributed by atoms with Gasteiger partial charge < -0.3 is 5.32 Å². The van der Waals surface area contributed by atoms with Crippen molar-refractivity contribution in [1.82, 2.24) is 9.21 Å². The van der Waals surface area contributed by atoms with Crippen LogP contribution in [-0.2, 0) is 24.7 Å². The third-order valence-corrected chi connectivity index (χ3v) is 8.77. The van der Waals surface area contributed by atoms with E-state index in [1.165, 1.54) is 21.7 Å². The number of hydrogen-bond donors (Lipinski definition) is 1. The molecule has 1 aliphatic rings. The van der Waals surface area contributed by atoms with E-state index in [2.05, 4.69) is 5.32 Å². The molecule has 1 aromatic heterocycles. The molecule has 1 aliphatic heterocycles. The van der Waals surface area contributed by atoms with Gasteiger partial charge in [0.25, 0.3) is 10.0 Å². The van der Waals surface area contributed by atoms with Crippen molar-refractivity contribution < 1.29 is 21.6 Å². The molecule has 8 nitrogen and oxygen atoms in total. The molecule has 3 rings (SSSR count). The summed E-state index contributed by atoms with van der Waals surface area (Å²) in [6.07, 6.45) is 1.09. The standard InChI is InChI=1S/C17H21N3O5S3/c1-27(22,23)15-6-3-2-5-14(15)18-16(21)13-19-8-10-20(11-9-19)28(24,25)17-7-4-12-26-17/h2-7,12H,8-11,13H2,1H3,(H,18,21). The monoisotopic (exact) mass is 443 g/mol. The number of sulfonamides is 1. The highest BCUT2D eigenvalue weighted by atomic mass is 32.2. The Hall–Kier alpha value is -1.79. The zero-order valence-electron chi connectivity index (χ0n) is 15.2. The Morgan fingerprint density at radius 1 is 1.04 bits per heavy atom. The molecule has 1 saturated heterocycles. The summed E-state index contributed by atoms with van der Waals surface area (Å²) in [5.74, 6) is -0.342. The number of carbonyl (C=O) groups is 1. The van der Waals surface area contributed by atoms with Gasteiger partial charge in [-0.1, -0.05) is 18.2 Å². The van der Waals surface area contributed by atoms with Crippen molar-refractivity contribution in [2.75, 3.05) is 44.3 Å². The molecule has 0 saturated carbocycles. The van der Waals surface area contributed by atoms with E-state index in [9.17, 15) is 21.6 Å². The Morgan fingerprint density at radius 3 is 2.32 bits per heavy atom. The van der Waals surface area contributed by atoms with Crippen LogP contribution >= 0.6 is 11.3 Å². The molecule has 0 spiro atoms. The van der Waals surface area contributed by atoms with Gasteiger partial charge in [0.2, 0.25) is 5.91 Å². The molecule has 0 unspecified atom stereocenters.